The highest BCUT2D eigenvalue weighted by Crippen LogP contribution is 2.32. The second-order valence-electron chi connectivity index (χ2n) is 4.11. The van der Waals surface area contributed by atoms with Gasteiger partial charge in [-0.3, -0.25) is 4.98 Å². The Balaban J connectivity index is 2.12. The minimum absolute atomic E-state index is 0.00373. The Hall–Kier alpha value is -0.740. The standard InChI is InChI=1S/C14H14Cl2N2S/c1-2-13(17)14-6-4-10(8-18-14)19-9-3-5-11(15)12(16)7-9/h3-8,13H,2,17H2,1H3/t13-/m1/s1. The molecule has 0 unspecified atom stereocenters. The molecule has 1 atom stereocenters. The van der Waals surface area contributed by atoms with Crippen LogP contribution in [-0.4, -0.2) is 4.98 Å². The first-order valence-corrected chi connectivity index (χ1v) is 7.52. The van der Waals surface area contributed by atoms with Crippen LogP contribution >= 0.6 is 35.0 Å². The van der Waals surface area contributed by atoms with Gasteiger partial charge in [-0.15, -0.1) is 0 Å². The Labute approximate surface area is 127 Å². The van der Waals surface area contributed by atoms with Crippen LogP contribution in [0.5, 0.6) is 0 Å². The Morgan fingerprint density at radius 3 is 2.47 bits per heavy atom. The molecule has 19 heavy (non-hydrogen) atoms. The number of hydrogen-bond donors (Lipinski definition) is 1. The minimum atomic E-state index is 0.00373. The van der Waals surface area contributed by atoms with Gasteiger partial charge in [0, 0.05) is 22.0 Å². The van der Waals surface area contributed by atoms with Crippen molar-refractivity contribution in [1.29, 1.82) is 0 Å². The number of rotatable bonds is 4. The van der Waals surface area contributed by atoms with E-state index in [0.717, 1.165) is 21.9 Å². The van der Waals surface area contributed by atoms with Gasteiger partial charge < -0.3 is 5.73 Å². The Morgan fingerprint density at radius 2 is 1.89 bits per heavy atom. The van der Waals surface area contributed by atoms with Gasteiger partial charge in [-0.25, -0.2) is 0 Å². The highest BCUT2D eigenvalue weighted by Gasteiger charge is 2.06. The maximum absolute atomic E-state index is 5.99. The van der Waals surface area contributed by atoms with Gasteiger partial charge in [0.15, 0.2) is 0 Å². The molecule has 0 saturated carbocycles. The molecule has 2 N–H and O–H groups in total. The third-order valence-corrected chi connectivity index (χ3v) is 4.41. The summed E-state index contributed by atoms with van der Waals surface area (Å²) in [6.07, 6.45) is 2.71. The molecule has 2 aromatic rings. The van der Waals surface area contributed by atoms with Gasteiger partial charge in [0.05, 0.1) is 15.7 Å². The van der Waals surface area contributed by atoms with Crippen LogP contribution in [0.3, 0.4) is 0 Å². The van der Waals surface area contributed by atoms with Crippen molar-refractivity contribution < 1.29 is 0 Å². The molecule has 2 nitrogen and oxygen atoms in total. The van der Waals surface area contributed by atoms with Crippen molar-refractivity contribution in [2.75, 3.05) is 0 Å². The number of aromatic nitrogens is 1. The zero-order valence-corrected chi connectivity index (χ0v) is 12.8. The monoisotopic (exact) mass is 312 g/mol. The second kappa shape index (κ2) is 6.62. The maximum atomic E-state index is 5.99. The van der Waals surface area contributed by atoms with Gasteiger partial charge in [0.2, 0.25) is 0 Å². The lowest BCUT2D eigenvalue weighted by Gasteiger charge is -2.08. The van der Waals surface area contributed by atoms with Crippen molar-refractivity contribution in [2.45, 2.75) is 29.2 Å². The second-order valence-corrected chi connectivity index (χ2v) is 6.07. The first-order chi connectivity index (χ1) is 9.10. The topological polar surface area (TPSA) is 38.9 Å². The van der Waals surface area contributed by atoms with E-state index in [4.69, 9.17) is 28.9 Å². The molecule has 1 heterocycles. The molecule has 0 aliphatic carbocycles. The van der Waals surface area contributed by atoms with Gasteiger partial charge in [0.25, 0.3) is 0 Å². The van der Waals surface area contributed by atoms with Crippen molar-refractivity contribution >= 4 is 35.0 Å². The quantitative estimate of drug-likeness (QED) is 0.868. The lowest BCUT2D eigenvalue weighted by Crippen LogP contribution is -2.10. The van der Waals surface area contributed by atoms with Crippen LogP contribution in [0.4, 0.5) is 0 Å². The van der Waals surface area contributed by atoms with Crippen LogP contribution in [0.2, 0.25) is 10.0 Å². The molecule has 0 fully saturated rings. The number of nitrogens with zero attached hydrogens (tertiary/aromatic N) is 1. The molecule has 0 aliphatic heterocycles. The zero-order valence-electron chi connectivity index (χ0n) is 10.4. The number of hydrogen-bond acceptors (Lipinski definition) is 3. The summed E-state index contributed by atoms with van der Waals surface area (Å²) in [6, 6.07) is 9.56. The molecule has 1 aromatic heterocycles. The van der Waals surface area contributed by atoms with Gasteiger partial charge in [0.1, 0.15) is 0 Å². The van der Waals surface area contributed by atoms with Crippen LogP contribution in [0, 0.1) is 0 Å². The first-order valence-electron chi connectivity index (χ1n) is 5.94. The van der Waals surface area contributed by atoms with E-state index in [1.54, 1.807) is 17.8 Å². The van der Waals surface area contributed by atoms with E-state index in [1.807, 2.05) is 37.4 Å². The van der Waals surface area contributed by atoms with Crippen molar-refractivity contribution in [3.05, 3.63) is 52.3 Å². The molecule has 0 amide bonds. The summed E-state index contributed by atoms with van der Waals surface area (Å²) in [5.41, 5.74) is 6.85. The predicted octanol–water partition coefficient (Wildman–Crippen LogP) is 4.95. The van der Waals surface area contributed by atoms with E-state index in [0.29, 0.717) is 10.0 Å². The van der Waals surface area contributed by atoms with Crippen molar-refractivity contribution in [2.24, 2.45) is 5.73 Å². The fourth-order valence-electron chi connectivity index (χ4n) is 1.56. The molecular formula is C14H14Cl2N2S. The van der Waals surface area contributed by atoms with E-state index >= 15 is 0 Å². The number of nitrogens with two attached hydrogens (primary N) is 1. The summed E-state index contributed by atoms with van der Waals surface area (Å²) in [7, 11) is 0. The maximum Gasteiger partial charge on any atom is 0.0603 e. The van der Waals surface area contributed by atoms with E-state index in [-0.39, 0.29) is 6.04 Å². The summed E-state index contributed by atoms with van der Waals surface area (Å²) >= 11 is 13.5. The molecule has 0 radical (unpaired) electrons. The fourth-order valence-corrected chi connectivity index (χ4v) is 2.75. The lowest BCUT2D eigenvalue weighted by atomic mass is 10.1. The Kier molecular flexibility index (Phi) is 5.11. The van der Waals surface area contributed by atoms with E-state index in [2.05, 4.69) is 4.98 Å². The van der Waals surface area contributed by atoms with Crippen LogP contribution in [0.1, 0.15) is 25.1 Å². The van der Waals surface area contributed by atoms with Crippen LogP contribution < -0.4 is 5.73 Å². The van der Waals surface area contributed by atoms with Gasteiger partial charge in [-0.05, 0) is 36.8 Å². The predicted molar refractivity (Wildman–Crippen MR) is 82.0 cm³/mol. The molecular weight excluding hydrogens is 299 g/mol. The summed E-state index contributed by atoms with van der Waals surface area (Å²) in [5, 5.41) is 1.12. The van der Waals surface area contributed by atoms with Crippen molar-refractivity contribution in [1.82, 2.24) is 4.98 Å². The fraction of sp³-hybridized carbons (Fsp3) is 0.214. The molecule has 5 heteroatoms. The smallest absolute Gasteiger partial charge is 0.0603 e. The largest absolute Gasteiger partial charge is 0.323 e. The molecule has 0 saturated heterocycles. The number of benzene rings is 1. The molecule has 0 spiro atoms. The zero-order chi connectivity index (χ0) is 13.8. The van der Waals surface area contributed by atoms with Crippen molar-refractivity contribution in [3.8, 4) is 0 Å². The average Bonchev–Trinajstić information content (AvgIpc) is 2.43. The van der Waals surface area contributed by atoms with Gasteiger partial charge in [-0.1, -0.05) is 41.9 Å². The highest BCUT2D eigenvalue weighted by molar-refractivity contribution is 7.99. The molecule has 100 valence electrons. The summed E-state index contributed by atoms with van der Waals surface area (Å²) in [6.45, 7) is 2.05. The Morgan fingerprint density at radius 1 is 1.16 bits per heavy atom. The highest BCUT2D eigenvalue weighted by atomic mass is 35.5. The summed E-state index contributed by atoms with van der Waals surface area (Å²) in [5.74, 6) is 0. The van der Waals surface area contributed by atoms with Crippen LogP contribution in [0.25, 0.3) is 0 Å². The molecule has 0 aliphatic rings. The summed E-state index contributed by atoms with van der Waals surface area (Å²) < 4.78 is 0. The number of pyridine rings is 1. The number of halogens is 2. The third-order valence-electron chi connectivity index (χ3n) is 2.71. The van der Waals surface area contributed by atoms with Crippen LogP contribution in [-0.2, 0) is 0 Å². The lowest BCUT2D eigenvalue weighted by molar-refractivity contribution is 0.674. The van der Waals surface area contributed by atoms with E-state index in [9.17, 15) is 0 Å². The summed E-state index contributed by atoms with van der Waals surface area (Å²) in [4.78, 5) is 6.46. The van der Waals surface area contributed by atoms with Crippen molar-refractivity contribution in [3.63, 3.8) is 0 Å². The van der Waals surface area contributed by atoms with E-state index in [1.165, 1.54) is 0 Å². The average molecular weight is 313 g/mol. The first kappa shape index (κ1) is 14.7. The van der Waals surface area contributed by atoms with Crippen LogP contribution in [0.15, 0.2) is 46.3 Å². The van der Waals surface area contributed by atoms with Gasteiger partial charge in [-0.2, -0.15) is 0 Å². The SMILES string of the molecule is CC[C@@H](N)c1ccc(Sc2ccc(Cl)c(Cl)c2)cn1. The third kappa shape index (κ3) is 3.86. The normalized spacial score (nSPS) is 12.4. The minimum Gasteiger partial charge on any atom is -0.323 e. The molecule has 0 bridgehead atoms. The van der Waals surface area contributed by atoms with Gasteiger partial charge >= 0.3 is 0 Å². The Bertz CT molecular complexity index is 558. The molecule has 1 aromatic carbocycles. The van der Waals surface area contributed by atoms with E-state index < -0.39 is 0 Å². The molecule has 2 rings (SSSR count).